The highest BCUT2D eigenvalue weighted by Gasteiger charge is 2.21. The van der Waals surface area contributed by atoms with Crippen molar-refractivity contribution in [3.05, 3.63) is 60.1 Å². The van der Waals surface area contributed by atoms with Crippen molar-refractivity contribution in [1.29, 1.82) is 0 Å². The maximum absolute atomic E-state index is 12.6. The topological polar surface area (TPSA) is 89.1 Å². The number of anilines is 1. The molecule has 0 bridgehead atoms. The highest BCUT2D eigenvalue weighted by Crippen LogP contribution is 2.21. The summed E-state index contributed by atoms with van der Waals surface area (Å²) < 4.78 is 6.74. The van der Waals surface area contributed by atoms with Crippen molar-refractivity contribution in [3.8, 4) is 0 Å². The molecule has 134 valence electrons. The third kappa shape index (κ3) is 3.58. The Kier molecular flexibility index (Phi) is 4.63. The summed E-state index contributed by atoms with van der Waals surface area (Å²) >= 11 is 0. The van der Waals surface area contributed by atoms with E-state index in [9.17, 15) is 4.79 Å². The number of nitrogens with zero attached hydrogens (tertiary/aromatic N) is 5. The fourth-order valence-corrected chi connectivity index (χ4v) is 3.16. The van der Waals surface area contributed by atoms with Gasteiger partial charge in [0.05, 0.1) is 12.2 Å². The quantitative estimate of drug-likeness (QED) is 0.749. The van der Waals surface area contributed by atoms with Crippen molar-refractivity contribution in [1.82, 2.24) is 24.6 Å². The van der Waals surface area contributed by atoms with Gasteiger partial charge in [-0.1, -0.05) is 5.16 Å². The second kappa shape index (κ2) is 7.38. The molecule has 1 N–H and O–H groups in total. The number of amides is 1. The zero-order valence-electron chi connectivity index (χ0n) is 14.3. The van der Waals surface area contributed by atoms with Crippen LogP contribution in [0, 0.1) is 0 Å². The van der Waals surface area contributed by atoms with E-state index in [1.165, 1.54) is 0 Å². The van der Waals surface area contributed by atoms with Crippen LogP contribution in [0.3, 0.4) is 0 Å². The van der Waals surface area contributed by atoms with Gasteiger partial charge in [-0.3, -0.25) is 4.79 Å². The van der Waals surface area contributed by atoms with E-state index in [0.29, 0.717) is 26.2 Å². The highest BCUT2D eigenvalue weighted by atomic mass is 16.5. The third-order valence-electron chi connectivity index (χ3n) is 4.55. The lowest BCUT2D eigenvalue weighted by molar-refractivity contribution is -0.131. The van der Waals surface area contributed by atoms with Crippen LogP contribution < -0.4 is 5.32 Å². The molecule has 1 aliphatic heterocycles. The molecule has 1 aliphatic rings. The van der Waals surface area contributed by atoms with Gasteiger partial charge in [0.2, 0.25) is 5.91 Å². The number of carbonyl (C=O) groups excluding carboxylic acids is 1. The molecular formula is C18H20N6O2. The van der Waals surface area contributed by atoms with Crippen LogP contribution in [0.25, 0.3) is 0 Å². The molecule has 4 heterocycles. The number of aromatic nitrogens is 4. The van der Waals surface area contributed by atoms with E-state index >= 15 is 0 Å². The Morgan fingerprint density at radius 2 is 2.04 bits per heavy atom. The maximum Gasteiger partial charge on any atom is 0.242 e. The van der Waals surface area contributed by atoms with Crippen molar-refractivity contribution < 1.29 is 9.32 Å². The molecule has 0 radical (unpaired) electrons. The number of nitrogens with one attached hydrogen (secondary N) is 1. The molecule has 0 saturated carbocycles. The molecule has 4 rings (SSSR count). The average molecular weight is 352 g/mol. The second-order valence-corrected chi connectivity index (χ2v) is 6.23. The Morgan fingerprint density at radius 3 is 2.85 bits per heavy atom. The third-order valence-corrected chi connectivity index (χ3v) is 4.55. The van der Waals surface area contributed by atoms with E-state index in [0.717, 1.165) is 35.6 Å². The predicted molar refractivity (Wildman–Crippen MR) is 94.3 cm³/mol. The summed E-state index contributed by atoms with van der Waals surface area (Å²) in [5.41, 5.74) is 2.89. The molecule has 3 aromatic rings. The Morgan fingerprint density at radius 1 is 1.19 bits per heavy atom. The Labute approximate surface area is 150 Å². The molecule has 0 unspecified atom stereocenters. The van der Waals surface area contributed by atoms with Crippen molar-refractivity contribution >= 4 is 11.7 Å². The van der Waals surface area contributed by atoms with Crippen LogP contribution in [0.15, 0.2) is 47.7 Å². The normalized spacial score (nSPS) is 13.9. The van der Waals surface area contributed by atoms with Crippen LogP contribution in [0.4, 0.5) is 5.82 Å². The maximum atomic E-state index is 12.6. The second-order valence-electron chi connectivity index (χ2n) is 6.23. The van der Waals surface area contributed by atoms with E-state index in [-0.39, 0.29) is 5.91 Å². The van der Waals surface area contributed by atoms with Gasteiger partial charge in [-0.05, 0) is 18.6 Å². The summed E-state index contributed by atoms with van der Waals surface area (Å²) in [5.74, 6) is 0.928. The van der Waals surface area contributed by atoms with Crippen molar-refractivity contribution in [2.75, 3.05) is 18.4 Å². The van der Waals surface area contributed by atoms with Crippen LogP contribution in [-0.2, 0) is 30.7 Å². The number of rotatable bonds is 5. The van der Waals surface area contributed by atoms with E-state index in [1.807, 2.05) is 40.1 Å². The van der Waals surface area contributed by atoms with Crippen LogP contribution >= 0.6 is 0 Å². The molecular weight excluding hydrogens is 332 g/mol. The molecule has 1 amide bonds. The largest absolute Gasteiger partial charge is 0.364 e. The number of fused-ring (bicyclic) bond motifs is 1. The molecule has 0 aromatic carbocycles. The van der Waals surface area contributed by atoms with Crippen LogP contribution in [0.5, 0.6) is 0 Å². The van der Waals surface area contributed by atoms with Crippen LogP contribution in [0.1, 0.15) is 17.0 Å². The number of carbonyl (C=O) groups is 1. The van der Waals surface area contributed by atoms with Gasteiger partial charge in [0.15, 0.2) is 0 Å². The molecule has 0 atom stereocenters. The van der Waals surface area contributed by atoms with Gasteiger partial charge in [0.1, 0.15) is 30.6 Å². The predicted octanol–water partition coefficient (Wildman–Crippen LogP) is 1.51. The van der Waals surface area contributed by atoms with Crippen LogP contribution in [0.2, 0.25) is 0 Å². The van der Waals surface area contributed by atoms with Gasteiger partial charge in [-0.2, -0.15) is 0 Å². The SMILES string of the molecule is O=C(Cn1cccc1)N1CCc2ncnc(NCc3ccon3)c2CC1. The number of hydrogen-bond acceptors (Lipinski definition) is 6. The summed E-state index contributed by atoms with van der Waals surface area (Å²) in [7, 11) is 0. The van der Waals surface area contributed by atoms with Gasteiger partial charge in [-0.25, -0.2) is 9.97 Å². The lowest BCUT2D eigenvalue weighted by atomic mass is 10.1. The smallest absolute Gasteiger partial charge is 0.242 e. The minimum Gasteiger partial charge on any atom is -0.364 e. The summed E-state index contributed by atoms with van der Waals surface area (Å²) in [6.07, 6.45) is 8.39. The Balaban J connectivity index is 1.43. The molecule has 8 heteroatoms. The molecule has 0 aliphatic carbocycles. The average Bonchev–Trinajstić information content (AvgIpc) is 3.30. The van der Waals surface area contributed by atoms with Crippen molar-refractivity contribution in [2.45, 2.75) is 25.9 Å². The summed E-state index contributed by atoms with van der Waals surface area (Å²) in [6.45, 7) is 2.24. The van der Waals surface area contributed by atoms with Crippen molar-refractivity contribution in [3.63, 3.8) is 0 Å². The van der Waals surface area contributed by atoms with Gasteiger partial charge in [0, 0.05) is 43.5 Å². The van der Waals surface area contributed by atoms with E-state index < -0.39 is 0 Å². The minimum atomic E-state index is 0.124. The first-order valence-corrected chi connectivity index (χ1v) is 8.64. The molecule has 0 fully saturated rings. The van der Waals surface area contributed by atoms with Crippen LogP contribution in [-0.4, -0.2) is 43.6 Å². The zero-order valence-corrected chi connectivity index (χ0v) is 14.3. The lowest BCUT2D eigenvalue weighted by Crippen LogP contribution is -2.35. The molecule has 8 nitrogen and oxygen atoms in total. The highest BCUT2D eigenvalue weighted by molar-refractivity contribution is 5.76. The zero-order chi connectivity index (χ0) is 17.8. The van der Waals surface area contributed by atoms with E-state index in [4.69, 9.17) is 4.52 Å². The summed E-state index contributed by atoms with van der Waals surface area (Å²) in [5, 5.41) is 7.20. The molecule has 0 spiro atoms. The first-order valence-electron chi connectivity index (χ1n) is 8.64. The summed E-state index contributed by atoms with van der Waals surface area (Å²) in [4.78, 5) is 23.3. The van der Waals surface area contributed by atoms with Gasteiger partial charge < -0.3 is 19.3 Å². The Hall–Kier alpha value is -3.16. The molecule has 0 saturated heterocycles. The summed E-state index contributed by atoms with van der Waals surface area (Å²) in [6, 6.07) is 5.66. The lowest BCUT2D eigenvalue weighted by Gasteiger charge is -2.20. The standard InChI is InChI=1S/C18H20N6O2/c25-17(12-23-6-1-2-7-23)24-8-3-15-16(4-9-24)20-13-21-18(15)19-11-14-5-10-26-22-14/h1-2,5-7,10,13H,3-4,8-9,11-12H2,(H,19,20,21). The fraction of sp³-hybridized carbons (Fsp3) is 0.333. The number of hydrogen-bond donors (Lipinski definition) is 1. The molecule has 3 aromatic heterocycles. The van der Waals surface area contributed by atoms with Gasteiger partial charge in [0.25, 0.3) is 0 Å². The van der Waals surface area contributed by atoms with E-state index in [1.54, 1.807) is 12.6 Å². The van der Waals surface area contributed by atoms with Crippen molar-refractivity contribution in [2.24, 2.45) is 0 Å². The molecule has 26 heavy (non-hydrogen) atoms. The monoisotopic (exact) mass is 352 g/mol. The fourth-order valence-electron chi connectivity index (χ4n) is 3.16. The first kappa shape index (κ1) is 16.3. The minimum absolute atomic E-state index is 0.124. The first-order chi connectivity index (χ1) is 12.8. The van der Waals surface area contributed by atoms with E-state index in [2.05, 4.69) is 20.4 Å². The van der Waals surface area contributed by atoms with Gasteiger partial charge in [-0.15, -0.1) is 0 Å². The van der Waals surface area contributed by atoms with Gasteiger partial charge >= 0.3 is 0 Å². The Bertz CT molecular complexity index is 860.